The SMILES string of the molecule is CCCCC(C)(C)c1ccc(CN(CC)c2cc(OC)ccc2[C@@H]2CCc3cc(O)ccc3C2)cc1. The van der Waals surface area contributed by atoms with Crippen LogP contribution in [0.5, 0.6) is 11.5 Å². The third kappa shape index (κ3) is 5.88. The molecule has 4 rings (SSSR count). The summed E-state index contributed by atoms with van der Waals surface area (Å²) in [6, 6.07) is 21.7. The Balaban J connectivity index is 1.58. The van der Waals surface area contributed by atoms with E-state index in [1.807, 2.05) is 12.1 Å². The van der Waals surface area contributed by atoms with E-state index in [2.05, 4.69) is 81.1 Å². The van der Waals surface area contributed by atoms with Gasteiger partial charge in [-0.3, -0.25) is 0 Å². The number of rotatable bonds is 10. The van der Waals surface area contributed by atoms with Crippen molar-refractivity contribution in [2.24, 2.45) is 0 Å². The first-order valence-corrected chi connectivity index (χ1v) is 13.7. The predicted molar refractivity (Wildman–Crippen MR) is 152 cm³/mol. The Morgan fingerprint density at radius 3 is 2.44 bits per heavy atom. The Morgan fingerprint density at radius 2 is 1.75 bits per heavy atom. The standard InChI is InChI=1S/C33H43NO2/c1-6-8-19-33(3,4)28-14-9-24(10-15-28)23-34(7-2)32-22-30(36-5)17-18-31(32)27-12-11-26-21-29(35)16-13-25(26)20-27/h9-10,13-18,21-22,27,35H,6-8,11-12,19-20,23H2,1-5H3/t27-/m1/s1. The number of unbranched alkanes of at least 4 members (excludes halogenated alkanes) is 1. The molecule has 0 aliphatic heterocycles. The molecule has 3 aromatic rings. The van der Waals surface area contributed by atoms with Gasteiger partial charge in [-0.05, 0) is 90.0 Å². The highest BCUT2D eigenvalue weighted by atomic mass is 16.5. The van der Waals surface area contributed by atoms with Crippen LogP contribution in [0.1, 0.15) is 87.1 Å². The minimum absolute atomic E-state index is 0.215. The smallest absolute Gasteiger partial charge is 0.120 e. The monoisotopic (exact) mass is 485 g/mol. The number of aryl methyl sites for hydroxylation is 1. The minimum atomic E-state index is 0.215. The zero-order valence-electron chi connectivity index (χ0n) is 22.8. The minimum Gasteiger partial charge on any atom is -0.508 e. The molecule has 1 aliphatic rings. The van der Waals surface area contributed by atoms with E-state index >= 15 is 0 Å². The number of fused-ring (bicyclic) bond motifs is 1. The number of methoxy groups -OCH3 is 1. The normalized spacial score (nSPS) is 15.4. The second-order valence-corrected chi connectivity index (χ2v) is 11.0. The van der Waals surface area contributed by atoms with Crippen LogP contribution in [-0.2, 0) is 24.8 Å². The summed E-state index contributed by atoms with van der Waals surface area (Å²) in [5.41, 5.74) is 8.30. The van der Waals surface area contributed by atoms with Crippen LogP contribution < -0.4 is 9.64 Å². The number of phenolic OH excluding ortho intramolecular Hbond substituents is 1. The molecule has 1 atom stereocenters. The topological polar surface area (TPSA) is 32.7 Å². The summed E-state index contributed by atoms with van der Waals surface area (Å²) in [6.07, 6.45) is 6.83. The van der Waals surface area contributed by atoms with E-state index in [-0.39, 0.29) is 5.41 Å². The van der Waals surface area contributed by atoms with Gasteiger partial charge in [0.05, 0.1) is 7.11 Å². The van der Waals surface area contributed by atoms with Gasteiger partial charge in [0, 0.05) is 24.8 Å². The van der Waals surface area contributed by atoms with Gasteiger partial charge in [-0.2, -0.15) is 0 Å². The van der Waals surface area contributed by atoms with E-state index in [1.165, 1.54) is 52.8 Å². The molecule has 192 valence electrons. The molecule has 0 spiro atoms. The molecule has 3 aromatic carbocycles. The Bertz CT molecular complexity index is 1150. The third-order valence-electron chi connectivity index (χ3n) is 8.08. The number of aromatic hydroxyl groups is 1. The van der Waals surface area contributed by atoms with Crippen molar-refractivity contribution in [1.29, 1.82) is 0 Å². The molecule has 3 heteroatoms. The van der Waals surface area contributed by atoms with E-state index < -0.39 is 0 Å². The van der Waals surface area contributed by atoms with Gasteiger partial charge in [0.25, 0.3) is 0 Å². The van der Waals surface area contributed by atoms with Gasteiger partial charge >= 0.3 is 0 Å². The van der Waals surface area contributed by atoms with Gasteiger partial charge in [0.15, 0.2) is 0 Å². The Kier molecular flexibility index (Phi) is 8.28. The lowest BCUT2D eigenvalue weighted by Gasteiger charge is -2.32. The molecule has 0 aromatic heterocycles. The largest absolute Gasteiger partial charge is 0.508 e. The summed E-state index contributed by atoms with van der Waals surface area (Å²) in [5.74, 6) is 1.73. The molecule has 1 N–H and O–H groups in total. The Hall–Kier alpha value is -2.94. The van der Waals surface area contributed by atoms with Crippen molar-refractivity contribution in [2.75, 3.05) is 18.6 Å². The maximum absolute atomic E-state index is 9.90. The summed E-state index contributed by atoms with van der Waals surface area (Å²) in [6.45, 7) is 11.0. The van der Waals surface area contributed by atoms with Crippen molar-refractivity contribution in [3.63, 3.8) is 0 Å². The number of hydrogen-bond acceptors (Lipinski definition) is 3. The molecule has 0 fully saturated rings. The zero-order valence-corrected chi connectivity index (χ0v) is 22.8. The number of anilines is 1. The number of hydrogen-bond donors (Lipinski definition) is 1. The van der Waals surface area contributed by atoms with Crippen molar-refractivity contribution in [3.8, 4) is 11.5 Å². The lowest BCUT2D eigenvalue weighted by Crippen LogP contribution is -2.25. The Morgan fingerprint density at radius 1 is 0.972 bits per heavy atom. The zero-order chi connectivity index (χ0) is 25.7. The quantitative estimate of drug-likeness (QED) is 0.314. The average molecular weight is 486 g/mol. The van der Waals surface area contributed by atoms with Crippen LogP contribution in [0, 0.1) is 0 Å². The van der Waals surface area contributed by atoms with Crippen LogP contribution in [0.25, 0.3) is 0 Å². The van der Waals surface area contributed by atoms with Gasteiger partial charge in [-0.1, -0.05) is 70.0 Å². The van der Waals surface area contributed by atoms with Gasteiger partial charge in [-0.25, -0.2) is 0 Å². The van der Waals surface area contributed by atoms with Crippen molar-refractivity contribution in [1.82, 2.24) is 0 Å². The number of ether oxygens (including phenoxy) is 1. The fourth-order valence-corrected chi connectivity index (χ4v) is 5.69. The van der Waals surface area contributed by atoms with Gasteiger partial charge in [0.1, 0.15) is 11.5 Å². The van der Waals surface area contributed by atoms with Crippen LogP contribution in [0.15, 0.2) is 60.7 Å². The first-order chi connectivity index (χ1) is 17.3. The van der Waals surface area contributed by atoms with Crippen molar-refractivity contribution in [2.45, 2.75) is 84.1 Å². The average Bonchev–Trinajstić information content (AvgIpc) is 2.90. The van der Waals surface area contributed by atoms with Crippen LogP contribution >= 0.6 is 0 Å². The van der Waals surface area contributed by atoms with Crippen LogP contribution in [0.2, 0.25) is 0 Å². The first kappa shape index (κ1) is 26.1. The summed E-state index contributed by atoms with van der Waals surface area (Å²) in [4.78, 5) is 2.49. The third-order valence-corrected chi connectivity index (χ3v) is 8.08. The molecule has 0 amide bonds. The highest BCUT2D eigenvalue weighted by Gasteiger charge is 2.25. The van der Waals surface area contributed by atoms with E-state index in [0.717, 1.165) is 38.1 Å². The lowest BCUT2D eigenvalue weighted by molar-refractivity contribution is 0.414. The highest BCUT2D eigenvalue weighted by Crippen LogP contribution is 2.40. The maximum Gasteiger partial charge on any atom is 0.120 e. The molecule has 0 saturated carbocycles. The molecule has 0 unspecified atom stereocenters. The molecule has 36 heavy (non-hydrogen) atoms. The highest BCUT2D eigenvalue weighted by molar-refractivity contribution is 5.60. The molecular weight excluding hydrogens is 442 g/mol. The van der Waals surface area contributed by atoms with E-state index in [9.17, 15) is 5.11 Å². The second-order valence-electron chi connectivity index (χ2n) is 11.0. The number of nitrogens with zero attached hydrogens (tertiary/aromatic N) is 1. The second kappa shape index (κ2) is 11.4. The first-order valence-electron chi connectivity index (χ1n) is 13.7. The summed E-state index contributed by atoms with van der Waals surface area (Å²) in [7, 11) is 1.75. The molecule has 1 aliphatic carbocycles. The molecule has 0 bridgehead atoms. The van der Waals surface area contributed by atoms with Crippen molar-refractivity contribution >= 4 is 5.69 Å². The summed E-state index contributed by atoms with van der Waals surface area (Å²) < 4.78 is 5.64. The van der Waals surface area contributed by atoms with Gasteiger partial charge < -0.3 is 14.7 Å². The van der Waals surface area contributed by atoms with E-state index in [4.69, 9.17) is 4.74 Å². The van der Waals surface area contributed by atoms with Crippen LogP contribution in [-0.4, -0.2) is 18.8 Å². The van der Waals surface area contributed by atoms with Crippen LogP contribution in [0.3, 0.4) is 0 Å². The molecule has 0 radical (unpaired) electrons. The maximum atomic E-state index is 9.90. The van der Waals surface area contributed by atoms with Crippen molar-refractivity contribution < 1.29 is 9.84 Å². The molecular formula is C33H43NO2. The van der Waals surface area contributed by atoms with Gasteiger partial charge in [-0.15, -0.1) is 0 Å². The molecule has 3 nitrogen and oxygen atoms in total. The summed E-state index contributed by atoms with van der Waals surface area (Å²) in [5, 5.41) is 9.90. The van der Waals surface area contributed by atoms with Crippen molar-refractivity contribution in [3.05, 3.63) is 88.5 Å². The number of benzene rings is 3. The van der Waals surface area contributed by atoms with E-state index in [1.54, 1.807) is 7.11 Å². The van der Waals surface area contributed by atoms with E-state index in [0.29, 0.717) is 11.7 Å². The van der Waals surface area contributed by atoms with Gasteiger partial charge in [0.2, 0.25) is 0 Å². The fraction of sp³-hybridized carbons (Fsp3) is 0.455. The summed E-state index contributed by atoms with van der Waals surface area (Å²) >= 11 is 0. The molecule has 0 heterocycles. The number of phenols is 1. The lowest BCUT2D eigenvalue weighted by atomic mass is 9.79. The predicted octanol–water partition coefficient (Wildman–Crippen LogP) is 8.17. The fourth-order valence-electron chi connectivity index (χ4n) is 5.69. The Labute approximate surface area is 218 Å². The molecule has 0 saturated heterocycles. The van der Waals surface area contributed by atoms with Crippen LogP contribution in [0.4, 0.5) is 5.69 Å².